The summed E-state index contributed by atoms with van der Waals surface area (Å²) in [6.45, 7) is 1.95. The Morgan fingerprint density at radius 1 is 1.21 bits per heavy atom. The summed E-state index contributed by atoms with van der Waals surface area (Å²) in [6, 6.07) is 1.74. The van der Waals surface area contributed by atoms with Crippen LogP contribution in [0, 0.1) is 6.92 Å². The topological polar surface area (TPSA) is 82.5 Å². The van der Waals surface area contributed by atoms with Gasteiger partial charge in [0.25, 0.3) is 0 Å². The van der Waals surface area contributed by atoms with Crippen molar-refractivity contribution in [1.29, 1.82) is 0 Å². The zero-order valence-electron chi connectivity index (χ0n) is 10.5. The maximum absolute atomic E-state index is 5.85. The third-order valence-corrected chi connectivity index (χ3v) is 3.37. The van der Waals surface area contributed by atoms with E-state index in [4.69, 9.17) is 5.73 Å². The lowest BCUT2D eigenvalue weighted by molar-refractivity contribution is 0.768. The molecule has 96 valence electrons. The number of hydrogen-bond donors (Lipinski definition) is 1. The average Bonchev–Trinajstić information content (AvgIpc) is 2.97. The molecule has 0 spiro atoms. The smallest absolute Gasteiger partial charge is 0.181 e. The summed E-state index contributed by atoms with van der Waals surface area (Å²) in [7, 11) is 1.86. The van der Waals surface area contributed by atoms with Crippen molar-refractivity contribution in [2.45, 2.75) is 6.92 Å². The van der Waals surface area contributed by atoms with Gasteiger partial charge >= 0.3 is 0 Å². The molecule has 0 aliphatic carbocycles. The van der Waals surface area contributed by atoms with E-state index in [2.05, 4.69) is 20.1 Å². The van der Waals surface area contributed by atoms with Crippen LogP contribution in [-0.2, 0) is 7.05 Å². The summed E-state index contributed by atoms with van der Waals surface area (Å²) < 4.78 is 1.72. The molecule has 0 aromatic carbocycles. The highest BCUT2D eigenvalue weighted by molar-refractivity contribution is 7.09. The molecule has 2 N–H and O–H groups in total. The van der Waals surface area contributed by atoms with E-state index in [-0.39, 0.29) is 0 Å². The Morgan fingerprint density at radius 2 is 2.05 bits per heavy atom. The van der Waals surface area contributed by atoms with Gasteiger partial charge in [-0.3, -0.25) is 4.68 Å². The maximum Gasteiger partial charge on any atom is 0.181 e. The number of thiazole rings is 1. The quantitative estimate of drug-likeness (QED) is 0.770. The first-order valence-electron chi connectivity index (χ1n) is 5.68. The first-order valence-corrected chi connectivity index (χ1v) is 6.56. The summed E-state index contributed by atoms with van der Waals surface area (Å²) in [6.07, 6.45) is 3.63. The fourth-order valence-electron chi connectivity index (χ4n) is 1.75. The number of aromatic nitrogens is 5. The van der Waals surface area contributed by atoms with Crippen LogP contribution < -0.4 is 5.73 Å². The highest BCUT2D eigenvalue weighted by atomic mass is 32.1. The number of aryl methyl sites for hydroxylation is 2. The Morgan fingerprint density at radius 3 is 2.68 bits per heavy atom. The van der Waals surface area contributed by atoms with Gasteiger partial charge in [0.05, 0.1) is 16.9 Å². The molecule has 0 aliphatic rings. The number of rotatable bonds is 2. The van der Waals surface area contributed by atoms with Crippen LogP contribution in [0.1, 0.15) is 5.01 Å². The predicted molar refractivity (Wildman–Crippen MR) is 74.5 cm³/mol. The van der Waals surface area contributed by atoms with E-state index in [0.29, 0.717) is 11.6 Å². The van der Waals surface area contributed by atoms with Crippen LogP contribution in [0.2, 0.25) is 0 Å². The van der Waals surface area contributed by atoms with E-state index in [9.17, 15) is 0 Å². The minimum absolute atomic E-state index is 0.425. The number of nitrogen functional groups attached to an aromatic ring is 1. The van der Waals surface area contributed by atoms with Crippen molar-refractivity contribution in [1.82, 2.24) is 24.7 Å². The Hall–Kier alpha value is -2.28. The highest BCUT2D eigenvalue weighted by Crippen LogP contribution is 2.23. The number of anilines is 1. The average molecular weight is 272 g/mol. The van der Waals surface area contributed by atoms with Crippen LogP contribution >= 0.6 is 11.3 Å². The first-order chi connectivity index (χ1) is 9.11. The van der Waals surface area contributed by atoms with Crippen LogP contribution in [0.3, 0.4) is 0 Å². The number of hydrogen-bond acceptors (Lipinski definition) is 6. The van der Waals surface area contributed by atoms with Gasteiger partial charge in [-0.05, 0) is 6.92 Å². The molecule has 7 heteroatoms. The second-order valence-corrected chi connectivity index (χ2v) is 5.22. The molecular formula is C12H12N6S. The molecule has 0 saturated heterocycles. The van der Waals surface area contributed by atoms with Crippen molar-refractivity contribution in [3.63, 3.8) is 0 Å². The molecule has 0 radical (unpaired) electrons. The largest absolute Gasteiger partial charge is 0.384 e. The van der Waals surface area contributed by atoms with E-state index in [1.165, 1.54) is 0 Å². The van der Waals surface area contributed by atoms with Gasteiger partial charge in [-0.25, -0.2) is 15.0 Å². The van der Waals surface area contributed by atoms with Crippen LogP contribution in [0.5, 0.6) is 0 Å². The Kier molecular flexibility index (Phi) is 2.75. The third kappa shape index (κ3) is 2.32. The molecule has 0 fully saturated rings. The first kappa shape index (κ1) is 11.8. The van der Waals surface area contributed by atoms with Crippen molar-refractivity contribution < 1.29 is 0 Å². The molecule has 0 bridgehead atoms. The van der Waals surface area contributed by atoms with E-state index < -0.39 is 0 Å². The van der Waals surface area contributed by atoms with E-state index in [1.54, 1.807) is 28.3 Å². The van der Waals surface area contributed by atoms with Crippen LogP contribution in [0.15, 0.2) is 23.8 Å². The zero-order chi connectivity index (χ0) is 13.4. The van der Waals surface area contributed by atoms with Gasteiger partial charge in [-0.15, -0.1) is 11.3 Å². The predicted octanol–water partition coefficient (Wildman–Crippen LogP) is 1.89. The fourth-order valence-corrected chi connectivity index (χ4v) is 2.34. The summed E-state index contributed by atoms with van der Waals surface area (Å²) in [5, 5.41) is 7.03. The van der Waals surface area contributed by atoms with Crippen LogP contribution in [0.25, 0.3) is 22.8 Å². The molecule has 0 unspecified atom stereocenters. The van der Waals surface area contributed by atoms with Crippen molar-refractivity contribution in [2.75, 3.05) is 5.73 Å². The molecule has 0 atom stereocenters. The lowest BCUT2D eigenvalue weighted by atomic mass is 10.2. The van der Waals surface area contributed by atoms with Crippen molar-refractivity contribution >= 4 is 17.2 Å². The van der Waals surface area contributed by atoms with E-state index in [0.717, 1.165) is 22.0 Å². The monoisotopic (exact) mass is 272 g/mol. The zero-order valence-corrected chi connectivity index (χ0v) is 11.3. The highest BCUT2D eigenvalue weighted by Gasteiger charge is 2.10. The SMILES string of the molecule is Cc1nc(-c2nc(N)cc(-c3cnn(C)c3)n2)cs1. The minimum Gasteiger partial charge on any atom is -0.384 e. The van der Waals surface area contributed by atoms with Gasteiger partial charge < -0.3 is 5.73 Å². The van der Waals surface area contributed by atoms with Gasteiger partial charge in [-0.1, -0.05) is 0 Å². The third-order valence-electron chi connectivity index (χ3n) is 2.59. The van der Waals surface area contributed by atoms with Gasteiger partial charge in [0.1, 0.15) is 11.5 Å². The molecule has 3 aromatic rings. The molecule has 0 saturated carbocycles. The van der Waals surface area contributed by atoms with E-state index >= 15 is 0 Å². The normalized spacial score (nSPS) is 10.8. The Bertz CT molecular complexity index is 671. The summed E-state index contributed by atoms with van der Waals surface area (Å²) in [4.78, 5) is 13.1. The van der Waals surface area contributed by atoms with Gasteiger partial charge in [0, 0.05) is 30.3 Å². The lowest BCUT2D eigenvalue weighted by Crippen LogP contribution is -1.98. The molecule has 3 heterocycles. The minimum atomic E-state index is 0.425. The fraction of sp³-hybridized carbons (Fsp3) is 0.167. The standard InChI is InChI=1S/C12H12N6S/c1-7-15-10(6-19-7)12-16-9(3-11(13)17-12)8-4-14-18(2)5-8/h3-6H,1-2H3,(H2,13,16,17). The van der Waals surface area contributed by atoms with Gasteiger partial charge in [-0.2, -0.15) is 5.10 Å². The van der Waals surface area contributed by atoms with E-state index in [1.807, 2.05) is 25.5 Å². The number of nitrogens with two attached hydrogens (primary N) is 1. The summed E-state index contributed by atoms with van der Waals surface area (Å²) in [5.74, 6) is 0.970. The van der Waals surface area contributed by atoms with Crippen molar-refractivity contribution in [3.8, 4) is 22.8 Å². The molecule has 3 rings (SSSR count). The molecule has 3 aromatic heterocycles. The van der Waals surface area contributed by atoms with Crippen molar-refractivity contribution in [3.05, 3.63) is 28.8 Å². The molecule has 0 aliphatic heterocycles. The van der Waals surface area contributed by atoms with Crippen LogP contribution in [-0.4, -0.2) is 24.7 Å². The Balaban J connectivity index is 2.10. The summed E-state index contributed by atoms with van der Waals surface area (Å²) >= 11 is 1.56. The lowest BCUT2D eigenvalue weighted by Gasteiger charge is -2.02. The molecule has 19 heavy (non-hydrogen) atoms. The molecule has 0 amide bonds. The molecular weight excluding hydrogens is 260 g/mol. The second-order valence-electron chi connectivity index (χ2n) is 4.16. The van der Waals surface area contributed by atoms with Gasteiger partial charge in [0.2, 0.25) is 0 Å². The second kappa shape index (κ2) is 4.43. The Labute approximate surface area is 114 Å². The van der Waals surface area contributed by atoms with Crippen molar-refractivity contribution in [2.24, 2.45) is 7.05 Å². The van der Waals surface area contributed by atoms with Gasteiger partial charge in [0.15, 0.2) is 5.82 Å². The van der Waals surface area contributed by atoms with Crippen LogP contribution in [0.4, 0.5) is 5.82 Å². The maximum atomic E-state index is 5.85. The number of nitrogens with zero attached hydrogens (tertiary/aromatic N) is 5. The molecule has 6 nitrogen and oxygen atoms in total. The summed E-state index contributed by atoms with van der Waals surface area (Å²) in [5.41, 5.74) is 8.25.